The topological polar surface area (TPSA) is 247 Å². The van der Waals surface area contributed by atoms with Gasteiger partial charge in [-0.2, -0.15) is 8.62 Å². The van der Waals surface area contributed by atoms with E-state index in [4.69, 9.17) is 31.6 Å². The molecular weight excluding hydrogens is 497 g/mol. The molecule has 2 heterocycles. The molecule has 0 amide bonds. The SMILES string of the molecule is C[C@@]1(O)[C@H](O)[C@@H](COP(=O)(O)OP(=O)(O)OP(=O)(O)O)O[C@H]1n1ccc(=O)[nH]c1=S. The second kappa shape index (κ2) is 8.73. The number of nitrogens with zero attached hydrogens (tertiary/aromatic N) is 1. The summed E-state index contributed by atoms with van der Waals surface area (Å²) >= 11 is 4.95. The van der Waals surface area contributed by atoms with Gasteiger partial charge in [-0.1, -0.05) is 0 Å². The van der Waals surface area contributed by atoms with Gasteiger partial charge in [-0.25, -0.2) is 13.7 Å². The zero-order valence-corrected chi connectivity index (χ0v) is 18.2. The zero-order chi connectivity index (χ0) is 23.1. The maximum Gasteiger partial charge on any atom is 0.490 e. The van der Waals surface area contributed by atoms with Gasteiger partial charge in [0.05, 0.1) is 6.61 Å². The van der Waals surface area contributed by atoms with E-state index in [1.807, 2.05) is 0 Å². The third-order valence-electron chi connectivity index (χ3n) is 3.68. The second-order valence-electron chi connectivity index (χ2n) is 6.10. The molecule has 0 spiro atoms. The van der Waals surface area contributed by atoms with Crippen LogP contribution in [-0.4, -0.2) is 63.8 Å². The highest BCUT2D eigenvalue weighted by atomic mass is 32.1. The lowest BCUT2D eigenvalue weighted by atomic mass is 9.96. The fourth-order valence-corrected chi connectivity index (χ4v) is 5.75. The van der Waals surface area contributed by atoms with E-state index in [1.165, 1.54) is 0 Å². The predicted molar refractivity (Wildman–Crippen MR) is 96.2 cm³/mol. The van der Waals surface area contributed by atoms with Crippen LogP contribution in [0.5, 0.6) is 0 Å². The summed E-state index contributed by atoms with van der Waals surface area (Å²) in [6.07, 6.45) is -3.48. The van der Waals surface area contributed by atoms with Crippen LogP contribution in [0.4, 0.5) is 0 Å². The molecule has 0 aromatic carbocycles. The minimum absolute atomic E-state index is 0.173. The number of nitrogens with one attached hydrogen (secondary N) is 1. The summed E-state index contributed by atoms with van der Waals surface area (Å²) < 4.78 is 51.5. The van der Waals surface area contributed by atoms with Crippen molar-refractivity contribution in [2.75, 3.05) is 6.61 Å². The summed E-state index contributed by atoms with van der Waals surface area (Å²) in [6, 6.07) is 1.06. The third-order valence-corrected chi connectivity index (χ3v) is 7.79. The number of H-pyrrole nitrogens is 1. The molecule has 0 saturated carbocycles. The van der Waals surface area contributed by atoms with Crippen LogP contribution in [0.1, 0.15) is 13.2 Å². The molecule has 1 aromatic rings. The van der Waals surface area contributed by atoms with Crippen molar-refractivity contribution in [1.29, 1.82) is 0 Å². The van der Waals surface area contributed by atoms with E-state index in [9.17, 15) is 33.6 Å². The average Bonchev–Trinajstić information content (AvgIpc) is 2.73. The molecule has 2 rings (SSSR count). The van der Waals surface area contributed by atoms with Crippen molar-refractivity contribution in [3.63, 3.8) is 0 Å². The van der Waals surface area contributed by atoms with Gasteiger partial charge < -0.3 is 34.5 Å². The first-order chi connectivity index (χ1) is 13.4. The number of aromatic nitrogens is 2. The lowest BCUT2D eigenvalue weighted by molar-refractivity contribution is -0.0978. The van der Waals surface area contributed by atoms with E-state index < -0.39 is 59.7 Å². The molecule has 30 heavy (non-hydrogen) atoms. The number of aliphatic hydroxyl groups excluding tert-OH is 1. The van der Waals surface area contributed by atoms with Gasteiger partial charge >= 0.3 is 23.5 Å². The van der Waals surface area contributed by atoms with Crippen LogP contribution >= 0.6 is 35.7 Å². The molecule has 1 saturated heterocycles. The van der Waals surface area contributed by atoms with Gasteiger partial charge in [0.15, 0.2) is 11.0 Å². The van der Waals surface area contributed by atoms with Gasteiger partial charge in [0.25, 0.3) is 5.56 Å². The van der Waals surface area contributed by atoms with E-state index in [0.29, 0.717) is 0 Å². The van der Waals surface area contributed by atoms with Crippen molar-refractivity contribution in [2.45, 2.75) is 31.0 Å². The standard InChI is InChI=1S/C10H17N2O14P3S/c1-10(15)7(14)5(24-8(10)12-3-2-6(13)11-9(12)30)4-23-28(19,20)26-29(21,22)25-27(16,17)18/h2-3,5,7-8,14-15H,4H2,1H3,(H,19,20)(H,21,22)(H,11,13,30)(H2,16,17,18)/t5-,7-,8-,10-/m1/s1. The van der Waals surface area contributed by atoms with Crippen LogP contribution in [0.2, 0.25) is 0 Å². The van der Waals surface area contributed by atoms with Crippen LogP contribution in [0, 0.1) is 4.77 Å². The second-order valence-corrected chi connectivity index (χ2v) is 10.9. The maximum absolute atomic E-state index is 11.8. The molecule has 0 bridgehead atoms. The highest BCUT2D eigenvalue weighted by molar-refractivity contribution is 7.71. The minimum Gasteiger partial charge on any atom is -0.387 e. The average molecular weight is 514 g/mol. The number of aromatic amines is 1. The van der Waals surface area contributed by atoms with Crippen molar-refractivity contribution in [2.24, 2.45) is 0 Å². The molecule has 7 N–H and O–H groups in total. The normalized spacial score (nSPS) is 31.2. The first-order valence-electron chi connectivity index (χ1n) is 7.59. The smallest absolute Gasteiger partial charge is 0.387 e. The van der Waals surface area contributed by atoms with Crippen LogP contribution in [0.15, 0.2) is 17.1 Å². The number of aliphatic hydroxyl groups is 2. The number of phosphoric acid groups is 3. The van der Waals surface area contributed by atoms with Crippen molar-refractivity contribution in [1.82, 2.24) is 9.55 Å². The Morgan fingerprint density at radius 3 is 2.37 bits per heavy atom. The van der Waals surface area contributed by atoms with Crippen LogP contribution in [-0.2, 0) is 31.6 Å². The minimum atomic E-state index is -5.71. The van der Waals surface area contributed by atoms with Crippen LogP contribution in [0.3, 0.4) is 0 Å². The van der Waals surface area contributed by atoms with Crippen molar-refractivity contribution >= 4 is 35.7 Å². The Hall–Kier alpha value is -0.610. The van der Waals surface area contributed by atoms with E-state index in [2.05, 4.69) is 18.1 Å². The van der Waals surface area contributed by atoms with Gasteiger partial charge in [-0.05, 0) is 19.1 Å². The first-order valence-corrected chi connectivity index (χ1v) is 12.5. The highest BCUT2D eigenvalue weighted by Crippen LogP contribution is 2.66. The first kappa shape index (κ1) is 25.6. The monoisotopic (exact) mass is 514 g/mol. The molecular formula is C10H17N2O14P3S. The Balaban J connectivity index is 2.13. The van der Waals surface area contributed by atoms with Gasteiger partial charge in [0.1, 0.15) is 17.8 Å². The Morgan fingerprint density at radius 1 is 1.23 bits per heavy atom. The molecule has 16 nitrogen and oxygen atoms in total. The molecule has 1 fully saturated rings. The van der Waals surface area contributed by atoms with Crippen molar-refractivity contribution in [3.8, 4) is 0 Å². The summed E-state index contributed by atoms with van der Waals surface area (Å²) in [5.41, 5.74) is -2.58. The molecule has 1 aromatic heterocycles. The lowest BCUT2D eigenvalue weighted by Crippen LogP contribution is -2.44. The molecule has 172 valence electrons. The molecule has 6 atom stereocenters. The predicted octanol–water partition coefficient (Wildman–Crippen LogP) is -0.742. The van der Waals surface area contributed by atoms with Gasteiger partial charge in [-0.3, -0.25) is 18.9 Å². The summed E-state index contributed by atoms with van der Waals surface area (Å²) in [7, 11) is -16.7. The fourth-order valence-electron chi connectivity index (χ4n) is 2.46. The Morgan fingerprint density at radius 2 is 1.83 bits per heavy atom. The Kier molecular flexibility index (Phi) is 7.46. The van der Waals surface area contributed by atoms with E-state index >= 15 is 0 Å². The number of phosphoric ester groups is 1. The molecule has 0 aliphatic carbocycles. The number of ether oxygens (including phenoxy) is 1. The summed E-state index contributed by atoms with van der Waals surface area (Å²) in [5.74, 6) is 0. The number of hydrogen-bond acceptors (Lipinski definition) is 11. The van der Waals surface area contributed by atoms with Gasteiger partial charge in [-0.15, -0.1) is 0 Å². The zero-order valence-electron chi connectivity index (χ0n) is 14.7. The van der Waals surface area contributed by atoms with Gasteiger partial charge in [0, 0.05) is 12.3 Å². The highest BCUT2D eigenvalue weighted by Gasteiger charge is 2.54. The Labute approximate surface area is 172 Å². The maximum atomic E-state index is 11.8. The van der Waals surface area contributed by atoms with Crippen LogP contribution in [0.25, 0.3) is 0 Å². The van der Waals surface area contributed by atoms with E-state index in [-0.39, 0.29) is 4.77 Å². The molecule has 0 radical (unpaired) electrons. The largest absolute Gasteiger partial charge is 0.490 e. The summed E-state index contributed by atoms with van der Waals surface area (Å²) in [5, 5.41) is 20.8. The number of rotatable bonds is 8. The molecule has 20 heteroatoms. The van der Waals surface area contributed by atoms with Gasteiger partial charge in [0.2, 0.25) is 0 Å². The summed E-state index contributed by atoms with van der Waals surface area (Å²) in [6.45, 7) is 0.147. The third kappa shape index (κ3) is 6.45. The fraction of sp³-hybridized carbons (Fsp3) is 0.600. The molecule has 1 aliphatic heterocycles. The quantitative estimate of drug-likeness (QED) is 0.167. The summed E-state index contributed by atoms with van der Waals surface area (Å²) in [4.78, 5) is 49.0. The van der Waals surface area contributed by atoms with E-state index in [1.54, 1.807) is 0 Å². The Bertz CT molecular complexity index is 1050. The lowest BCUT2D eigenvalue weighted by Gasteiger charge is -2.27. The van der Waals surface area contributed by atoms with E-state index in [0.717, 1.165) is 23.8 Å². The van der Waals surface area contributed by atoms with Crippen molar-refractivity contribution in [3.05, 3.63) is 27.4 Å². The van der Waals surface area contributed by atoms with Crippen molar-refractivity contribution < 1.29 is 61.4 Å². The number of hydrogen-bond donors (Lipinski definition) is 7. The molecule has 1 aliphatic rings. The molecule has 2 unspecified atom stereocenters. The van der Waals surface area contributed by atoms with Crippen LogP contribution < -0.4 is 5.56 Å².